The summed E-state index contributed by atoms with van der Waals surface area (Å²) in [5, 5.41) is 20.0. The topological polar surface area (TPSA) is 83.7 Å². The number of amides is 1. The van der Waals surface area contributed by atoms with Gasteiger partial charge in [0.15, 0.2) is 0 Å². The Morgan fingerprint density at radius 3 is 2.68 bits per heavy atom. The lowest BCUT2D eigenvalue weighted by Gasteiger charge is -2.15. The van der Waals surface area contributed by atoms with E-state index in [0.717, 1.165) is 6.07 Å². The number of likely N-dealkylation sites (tertiary alicyclic amines) is 1. The number of nitrogens with zero attached hydrogens (tertiary/aromatic N) is 2. The molecular formula is C11H10Cl2N2O4. The van der Waals surface area contributed by atoms with Crippen molar-refractivity contribution in [2.75, 3.05) is 13.1 Å². The van der Waals surface area contributed by atoms with Crippen LogP contribution in [0.25, 0.3) is 0 Å². The van der Waals surface area contributed by atoms with Crippen LogP contribution in [-0.2, 0) is 0 Å². The molecule has 1 amide bonds. The molecule has 8 heteroatoms. The number of nitro benzene ring substituents is 1. The first kappa shape index (κ1) is 14.0. The van der Waals surface area contributed by atoms with Gasteiger partial charge in [-0.1, -0.05) is 23.2 Å². The third-order valence-electron chi connectivity index (χ3n) is 2.90. The molecule has 0 aromatic heterocycles. The summed E-state index contributed by atoms with van der Waals surface area (Å²) in [6.07, 6.45) is -0.0588. The highest BCUT2D eigenvalue weighted by molar-refractivity contribution is 6.43. The Hall–Kier alpha value is -1.37. The van der Waals surface area contributed by atoms with E-state index in [-0.39, 0.29) is 22.2 Å². The zero-order chi connectivity index (χ0) is 14.2. The summed E-state index contributed by atoms with van der Waals surface area (Å²) >= 11 is 11.5. The van der Waals surface area contributed by atoms with E-state index in [0.29, 0.717) is 13.0 Å². The lowest BCUT2D eigenvalue weighted by Crippen LogP contribution is -2.29. The number of nitro groups is 1. The molecule has 1 saturated heterocycles. The van der Waals surface area contributed by atoms with Gasteiger partial charge in [0.25, 0.3) is 11.6 Å². The first-order chi connectivity index (χ1) is 8.90. The van der Waals surface area contributed by atoms with E-state index >= 15 is 0 Å². The molecule has 1 heterocycles. The molecule has 0 aliphatic carbocycles. The van der Waals surface area contributed by atoms with Gasteiger partial charge in [-0.15, -0.1) is 0 Å². The average Bonchev–Trinajstić information content (AvgIpc) is 2.78. The van der Waals surface area contributed by atoms with Gasteiger partial charge in [-0.05, 0) is 12.5 Å². The Balaban J connectivity index is 2.35. The molecular weight excluding hydrogens is 295 g/mol. The quantitative estimate of drug-likeness (QED) is 0.670. The first-order valence-electron chi connectivity index (χ1n) is 5.51. The van der Waals surface area contributed by atoms with Crippen LogP contribution in [0.2, 0.25) is 10.0 Å². The SMILES string of the molecule is O=C(c1cc(Cl)c(Cl)c([N+](=O)[O-])c1)N1CC[C@@H](O)C1. The molecule has 0 unspecified atom stereocenters. The van der Waals surface area contributed by atoms with Crippen molar-refractivity contribution in [3.63, 3.8) is 0 Å². The molecule has 1 atom stereocenters. The fourth-order valence-electron chi connectivity index (χ4n) is 1.94. The van der Waals surface area contributed by atoms with Crippen molar-refractivity contribution in [2.45, 2.75) is 12.5 Å². The van der Waals surface area contributed by atoms with Crippen LogP contribution < -0.4 is 0 Å². The molecule has 2 rings (SSSR count). The molecule has 1 aromatic carbocycles. The third kappa shape index (κ3) is 2.80. The number of halogens is 2. The number of hydrogen-bond acceptors (Lipinski definition) is 4. The first-order valence-corrected chi connectivity index (χ1v) is 6.26. The Morgan fingerprint density at radius 2 is 2.16 bits per heavy atom. The summed E-state index contributed by atoms with van der Waals surface area (Å²) in [5.74, 6) is -0.404. The standard InChI is InChI=1S/C11H10Cl2N2O4/c12-8-3-6(4-9(10(8)13)15(18)19)11(17)14-2-1-7(16)5-14/h3-4,7,16H,1-2,5H2/t7-/m1/s1. The summed E-state index contributed by atoms with van der Waals surface area (Å²) < 4.78 is 0. The molecule has 1 aliphatic heterocycles. The van der Waals surface area contributed by atoms with E-state index in [4.69, 9.17) is 23.2 Å². The Labute approximate surface area is 118 Å². The van der Waals surface area contributed by atoms with Crippen LogP contribution in [0, 0.1) is 10.1 Å². The zero-order valence-corrected chi connectivity index (χ0v) is 11.2. The Bertz CT molecular complexity index is 550. The van der Waals surface area contributed by atoms with Gasteiger partial charge in [-0.3, -0.25) is 14.9 Å². The summed E-state index contributed by atoms with van der Waals surface area (Å²) in [7, 11) is 0. The predicted molar refractivity (Wildman–Crippen MR) is 69.6 cm³/mol. The van der Waals surface area contributed by atoms with E-state index in [9.17, 15) is 20.0 Å². The van der Waals surface area contributed by atoms with Crippen molar-refractivity contribution >= 4 is 34.8 Å². The number of aliphatic hydroxyl groups excluding tert-OH is 1. The second-order valence-corrected chi connectivity index (χ2v) is 5.03. The van der Waals surface area contributed by atoms with Crippen molar-refractivity contribution in [1.29, 1.82) is 0 Å². The molecule has 102 valence electrons. The number of hydrogen-bond donors (Lipinski definition) is 1. The molecule has 6 nitrogen and oxygen atoms in total. The van der Waals surface area contributed by atoms with Gasteiger partial charge in [0.05, 0.1) is 16.0 Å². The highest BCUT2D eigenvalue weighted by atomic mass is 35.5. The minimum Gasteiger partial charge on any atom is -0.391 e. The van der Waals surface area contributed by atoms with Gasteiger partial charge in [0.1, 0.15) is 5.02 Å². The lowest BCUT2D eigenvalue weighted by atomic mass is 10.1. The molecule has 1 aromatic rings. The highest BCUT2D eigenvalue weighted by Crippen LogP contribution is 2.33. The zero-order valence-electron chi connectivity index (χ0n) is 9.68. The van der Waals surface area contributed by atoms with Crippen LogP contribution in [0.3, 0.4) is 0 Å². The van der Waals surface area contributed by atoms with E-state index in [1.807, 2.05) is 0 Å². The minimum absolute atomic E-state index is 0.0426. The molecule has 19 heavy (non-hydrogen) atoms. The van der Waals surface area contributed by atoms with E-state index in [2.05, 4.69) is 0 Å². The maximum atomic E-state index is 12.1. The largest absolute Gasteiger partial charge is 0.391 e. The highest BCUT2D eigenvalue weighted by Gasteiger charge is 2.28. The maximum absolute atomic E-state index is 12.1. The van der Waals surface area contributed by atoms with Crippen LogP contribution in [0.5, 0.6) is 0 Å². The van der Waals surface area contributed by atoms with Crippen LogP contribution in [0.4, 0.5) is 5.69 Å². The number of carbonyl (C=O) groups excluding carboxylic acids is 1. The van der Waals surface area contributed by atoms with Crippen molar-refractivity contribution in [2.24, 2.45) is 0 Å². The summed E-state index contributed by atoms with van der Waals surface area (Å²) in [5.41, 5.74) is -0.313. The molecule has 0 spiro atoms. The van der Waals surface area contributed by atoms with Gasteiger partial charge >= 0.3 is 0 Å². The summed E-state index contributed by atoms with van der Waals surface area (Å²) in [6, 6.07) is 2.39. The second kappa shape index (κ2) is 5.32. The molecule has 0 saturated carbocycles. The van der Waals surface area contributed by atoms with E-state index < -0.39 is 22.6 Å². The van der Waals surface area contributed by atoms with Crippen LogP contribution in [-0.4, -0.2) is 40.0 Å². The van der Waals surface area contributed by atoms with Gasteiger partial charge < -0.3 is 10.0 Å². The van der Waals surface area contributed by atoms with E-state index in [1.165, 1.54) is 11.0 Å². The summed E-state index contributed by atoms with van der Waals surface area (Å²) in [6.45, 7) is 0.626. The van der Waals surface area contributed by atoms with Gasteiger partial charge in [0.2, 0.25) is 0 Å². The monoisotopic (exact) mass is 304 g/mol. The molecule has 1 fully saturated rings. The normalized spacial score (nSPS) is 18.7. The second-order valence-electron chi connectivity index (χ2n) is 4.24. The average molecular weight is 305 g/mol. The van der Waals surface area contributed by atoms with Crippen LogP contribution in [0.15, 0.2) is 12.1 Å². The number of aliphatic hydroxyl groups is 1. The summed E-state index contributed by atoms with van der Waals surface area (Å²) in [4.78, 5) is 23.7. The van der Waals surface area contributed by atoms with Gasteiger partial charge in [-0.2, -0.15) is 0 Å². The van der Waals surface area contributed by atoms with Crippen molar-refractivity contribution in [3.8, 4) is 0 Å². The number of β-amino-alcohol motifs (C(OH)–C–C–N with tert-alkyl or cyclic N) is 1. The van der Waals surface area contributed by atoms with Gasteiger partial charge in [-0.25, -0.2) is 0 Å². The minimum atomic E-state index is -0.691. The molecule has 1 aliphatic rings. The lowest BCUT2D eigenvalue weighted by molar-refractivity contribution is -0.384. The van der Waals surface area contributed by atoms with Crippen LogP contribution >= 0.6 is 23.2 Å². The third-order valence-corrected chi connectivity index (χ3v) is 3.70. The smallest absolute Gasteiger partial charge is 0.290 e. The molecule has 1 N–H and O–H groups in total. The van der Waals surface area contributed by atoms with Crippen molar-refractivity contribution in [3.05, 3.63) is 37.9 Å². The molecule has 0 radical (unpaired) electrons. The fourth-order valence-corrected chi connectivity index (χ4v) is 2.33. The number of benzene rings is 1. The fraction of sp³-hybridized carbons (Fsp3) is 0.364. The number of carbonyl (C=O) groups is 1. The number of rotatable bonds is 2. The van der Waals surface area contributed by atoms with Crippen LogP contribution in [0.1, 0.15) is 16.8 Å². The molecule has 0 bridgehead atoms. The van der Waals surface area contributed by atoms with Crippen molar-refractivity contribution < 1.29 is 14.8 Å². The van der Waals surface area contributed by atoms with E-state index in [1.54, 1.807) is 0 Å². The maximum Gasteiger partial charge on any atom is 0.290 e. The Morgan fingerprint density at radius 1 is 1.47 bits per heavy atom. The van der Waals surface area contributed by atoms with Gasteiger partial charge in [0, 0.05) is 24.7 Å². The van der Waals surface area contributed by atoms with Crippen molar-refractivity contribution in [1.82, 2.24) is 4.90 Å². The predicted octanol–water partition coefficient (Wildman–Crippen LogP) is 2.11. The Kier molecular flexibility index (Phi) is 3.93.